The summed E-state index contributed by atoms with van der Waals surface area (Å²) >= 11 is 0. The Hall–Kier alpha value is -3.03. The zero-order chi connectivity index (χ0) is 20.5. The minimum atomic E-state index is -0.163. The Morgan fingerprint density at radius 1 is 1.13 bits per heavy atom. The fourth-order valence-corrected chi connectivity index (χ4v) is 4.43. The van der Waals surface area contributed by atoms with Gasteiger partial charge in [-0.15, -0.1) is 5.10 Å². The fourth-order valence-electron chi connectivity index (χ4n) is 4.43. The van der Waals surface area contributed by atoms with Crippen LogP contribution in [0, 0.1) is 0 Å². The van der Waals surface area contributed by atoms with Crippen molar-refractivity contribution in [2.45, 2.75) is 38.1 Å². The second-order valence-electron chi connectivity index (χ2n) is 8.16. The molecule has 1 fully saturated rings. The van der Waals surface area contributed by atoms with Crippen LogP contribution >= 0.6 is 0 Å². The van der Waals surface area contributed by atoms with E-state index in [1.54, 1.807) is 7.05 Å². The molecule has 0 unspecified atom stereocenters. The predicted molar refractivity (Wildman–Crippen MR) is 114 cm³/mol. The van der Waals surface area contributed by atoms with Gasteiger partial charge in [-0.1, -0.05) is 53.7 Å². The largest absolute Gasteiger partial charge is 0.358 e. The molecule has 0 bridgehead atoms. The number of fused-ring (bicyclic) bond motifs is 1. The molecule has 5 rings (SSSR count). The van der Waals surface area contributed by atoms with Crippen molar-refractivity contribution >= 4 is 5.91 Å². The first-order valence-corrected chi connectivity index (χ1v) is 10.4. The Balaban J connectivity index is 1.22. The van der Waals surface area contributed by atoms with E-state index in [2.05, 4.69) is 74.4 Å². The molecule has 154 valence electrons. The van der Waals surface area contributed by atoms with E-state index in [9.17, 15) is 4.79 Å². The lowest BCUT2D eigenvalue weighted by atomic mass is 10.1. The van der Waals surface area contributed by atoms with E-state index in [-0.39, 0.29) is 18.0 Å². The summed E-state index contributed by atoms with van der Waals surface area (Å²) in [5.41, 5.74) is 6.09. The van der Waals surface area contributed by atoms with Crippen molar-refractivity contribution in [3.8, 4) is 11.3 Å². The number of hydrogen-bond donors (Lipinski definition) is 2. The molecule has 1 saturated heterocycles. The van der Waals surface area contributed by atoms with Crippen molar-refractivity contribution in [1.29, 1.82) is 0 Å². The van der Waals surface area contributed by atoms with Crippen LogP contribution in [-0.4, -0.2) is 45.4 Å². The lowest BCUT2D eigenvalue weighted by Crippen LogP contribution is -2.38. The average Bonchev–Trinajstić information content (AvgIpc) is 3.52. The minimum absolute atomic E-state index is 0.0227. The van der Waals surface area contributed by atoms with Crippen molar-refractivity contribution < 1.29 is 4.79 Å². The number of likely N-dealkylation sites (N-methyl/N-ethyl adjacent to an activating group) is 1. The van der Waals surface area contributed by atoms with Crippen molar-refractivity contribution in [1.82, 2.24) is 30.5 Å². The summed E-state index contributed by atoms with van der Waals surface area (Å²) < 4.78 is 1.88. The molecule has 2 aliphatic rings. The maximum absolute atomic E-state index is 11.8. The van der Waals surface area contributed by atoms with Crippen LogP contribution in [0.2, 0.25) is 0 Å². The first-order chi connectivity index (χ1) is 14.7. The molecule has 3 aromatic rings. The van der Waals surface area contributed by atoms with Crippen LogP contribution in [0.5, 0.6) is 0 Å². The normalized spacial score (nSPS) is 21.0. The zero-order valence-corrected chi connectivity index (χ0v) is 17.1. The topological polar surface area (TPSA) is 75.1 Å². The van der Waals surface area contributed by atoms with Crippen LogP contribution in [0.4, 0.5) is 0 Å². The Morgan fingerprint density at radius 2 is 1.87 bits per heavy atom. The Labute approximate surface area is 176 Å². The molecule has 7 heteroatoms. The first kappa shape index (κ1) is 19.0. The minimum Gasteiger partial charge on any atom is -0.358 e. The smallest absolute Gasteiger partial charge is 0.236 e. The molecule has 2 atom stereocenters. The highest BCUT2D eigenvalue weighted by Crippen LogP contribution is 2.26. The van der Waals surface area contributed by atoms with Gasteiger partial charge in [0.1, 0.15) is 5.69 Å². The Morgan fingerprint density at radius 3 is 2.57 bits per heavy atom. The van der Waals surface area contributed by atoms with E-state index >= 15 is 0 Å². The van der Waals surface area contributed by atoms with Crippen LogP contribution in [-0.2, 0) is 24.4 Å². The summed E-state index contributed by atoms with van der Waals surface area (Å²) in [7, 11) is 1.66. The van der Waals surface area contributed by atoms with Gasteiger partial charge in [-0.25, -0.2) is 4.68 Å². The van der Waals surface area contributed by atoms with E-state index in [1.807, 2.05) is 10.9 Å². The average molecular weight is 403 g/mol. The first-order valence-electron chi connectivity index (χ1n) is 10.4. The molecule has 2 N–H and O–H groups in total. The summed E-state index contributed by atoms with van der Waals surface area (Å²) in [4.78, 5) is 14.3. The van der Waals surface area contributed by atoms with E-state index < -0.39 is 0 Å². The molecule has 0 spiro atoms. The number of benzene rings is 2. The van der Waals surface area contributed by atoms with Gasteiger partial charge in [0.15, 0.2) is 0 Å². The number of amides is 1. The summed E-state index contributed by atoms with van der Waals surface area (Å²) in [6.45, 7) is 3.69. The highest BCUT2D eigenvalue weighted by atomic mass is 16.2. The van der Waals surface area contributed by atoms with E-state index in [4.69, 9.17) is 0 Å². The molecule has 0 aliphatic carbocycles. The molecule has 2 aliphatic heterocycles. The van der Waals surface area contributed by atoms with Gasteiger partial charge in [0.2, 0.25) is 5.91 Å². The zero-order valence-electron chi connectivity index (χ0n) is 17.1. The highest BCUT2D eigenvalue weighted by Gasteiger charge is 2.30. The SMILES string of the molecule is CNC(=O)[C@@H]1C[C@H](n2cc(-c3ccc(CN4Cc5ccccc5C4)cc3)nn2)CN1. The molecule has 0 saturated carbocycles. The standard InChI is InChI=1S/C23H26N6O/c1-24-23(30)21-10-20(11-25-21)29-15-22(26-27-29)17-8-6-16(7-9-17)12-28-13-18-4-2-3-5-19(18)14-28/h2-9,15,20-21,25H,10-14H2,1H3,(H,24,30)/t20-,21-/m0/s1. The van der Waals surface area contributed by atoms with Crippen molar-refractivity contribution in [2.24, 2.45) is 0 Å². The number of carbonyl (C=O) groups excluding carboxylic acids is 1. The van der Waals surface area contributed by atoms with Gasteiger partial charge in [0.05, 0.1) is 18.3 Å². The second kappa shape index (κ2) is 8.01. The molecule has 3 heterocycles. The van der Waals surface area contributed by atoms with Crippen molar-refractivity contribution in [3.63, 3.8) is 0 Å². The lowest BCUT2D eigenvalue weighted by molar-refractivity contribution is -0.122. The summed E-state index contributed by atoms with van der Waals surface area (Å²) in [5, 5.41) is 14.6. The van der Waals surface area contributed by atoms with Gasteiger partial charge >= 0.3 is 0 Å². The van der Waals surface area contributed by atoms with Gasteiger partial charge < -0.3 is 10.6 Å². The van der Waals surface area contributed by atoms with Crippen molar-refractivity contribution in [2.75, 3.05) is 13.6 Å². The maximum Gasteiger partial charge on any atom is 0.236 e. The molecule has 0 radical (unpaired) electrons. The Kier molecular flexibility index (Phi) is 5.06. The number of nitrogens with one attached hydrogen (secondary N) is 2. The molecule has 1 aromatic heterocycles. The number of nitrogens with zero attached hydrogens (tertiary/aromatic N) is 4. The summed E-state index contributed by atoms with van der Waals surface area (Å²) in [5.74, 6) is 0.0227. The quantitative estimate of drug-likeness (QED) is 0.684. The van der Waals surface area contributed by atoms with Gasteiger partial charge in [-0.3, -0.25) is 9.69 Å². The van der Waals surface area contributed by atoms with Crippen LogP contribution in [0.3, 0.4) is 0 Å². The molecular weight excluding hydrogens is 376 g/mol. The number of rotatable bonds is 5. The van der Waals surface area contributed by atoms with Crippen LogP contribution in [0.15, 0.2) is 54.7 Å². The van der Waals surface area contributed by atoms with Gasteiger partial charge in [0, 0.05) is 38.8 Å². The number of hydrogen-bond acceptors (Lipinski definition) is 5. The van der Waals surface area contributed by atoms with E-state index in [0.29, 0.717) is 0 Å². The van der Waals surface area contributed by atoms with E-state index in [1.165, 1.54) is 16.7 Å². The maximum atomic E-state index is 11.8. The number of aromatic nitrogens is 3. The van der Waals surface area contributed by atoms with Gasteiger partial charge in [0.25, 0.3) is 0 Å². The van der Waals surface area contributed by atoms with E-state index in [0.717, 1.165) is 43.9 Å². The van der Waals surface area contributed by atoms with Gasteiger partial charge in [-0.05, 0) is 23.1 Å². The summed E-state index contributed by atoms with van der Waals surface area (Å²) in [6.07, 6.45) is 2.70. The van der Waals surface area contributed by atoms with Crippen LogP contribution in [0.1, 0.15) is 29.2 Å². The predicted octanol–water partition coefficient (Wildman–Crippen LogP) is 2.11. The summed E-state index contributed by atoms with van der Waals surface area (Å²) in [6, 6.07) is 17.2. The highest BCUT2D eigenvalue weighted by molar-refractivity contribution is 5.81. The number of carbonyl (C=O) groups is 1. The van der Waals surface area contributed by atoms with Gasteiger partial charge in [-0.2, -0.15) is 0 Å². The van der Waals surface area contributed by atoms with Crippen molar-refractivity contribution in [3.05, 3.63) is 71.4 Å². The third-order valence-electron chi connectivity index (χ3n) is 6.12. The molecule has 30 heavy (non-hydrogen) atoms. The second-order valence-corrected chi connectivity index (χ2v) is 8.16. The molecule has 2 aromatic carbocycles. The Bertz CT molecular complexity index is 1020. The van der Waals surface area contributed by atoms with Crippen LogP contribution < -0.4 is 10.6 Å². The third-order valence-corrected chi connectivity index (χ3v) is 6.12. The third kappa shape index (κ3) is 3.74. The van der Waals surface area contributed by atoms with Crippen LogP contribution in [0.25, 0.3) is 11.3 Å². The molecule has 7 nitrogen and oxygen atoms in total. The molecular formula is C23H26N6O. The monoisotopic (exact) mass is 402 g/mol. The lowest BCUT2D eigenvalue weighted by Gasteiger charge is -2.14. The fraction of sp³-hybridized carbons (Fsp3) is 0.348. The molecule has 1 amide bonds.